The molecule has 21 heavy (non-hydrogen) atoms. The maximum Gasteiger partial charge on any atom is 0.235 e. The fourth-order valence-corrected chi connectivity index (χ4v) is 2.80. The number of aryl methyl sites for hydroxylation is 1. The predicted molar refractivity (Wildman–Crippen MR) is 87.6 cm³/mol. The van der Waals surface area contributed by atoms with E-state index in [2.05, 4.69) is 37.3 Å². The van der Waals surface area contributed by atoms with E-state index in [0.717, 1.165) is 17.3 Å². The summed E-state index contributed by atoms with van der Waals surface area (Å²) in [6, 6.07) is 9.92. The van der Waals surface area contributed by atoms with E-state index in [1.54, 1.807) is 18.0 Å². The molecule has 0 radical (unpaired) electrons. The quantitative estimate of drug-likeness (QED) is 0.830. The molecule has 0 fully saturated rings. The van der Waals surface area contributed by atoms with Gasteiger partial charge in [-0.05, 0) is 24.5 Å². The van der Waals surface area contributed by atoms with Crippen LogP contribution in [0.3, 0.4) is 0 Å². The Morgan fingerprint density at radius 1 is 1.33 bits per heavy atom. The van der Waals surface area contributed by atoms with Gasteiger partial charge in [0.1, 0.15) is 5.82 Å². The van der Waals surface area contributed by atoms with Crippen molar-refractivity contribution in [3.63, 3.8) is 0 Å². The Hall–Kier alpha value is -1.75. The lowest BCUT2D eigenvalue weighted by atomic mass is 10.2. The minimum Gasteiger partial charge on any atom is -0.310 e. The Morgan fingerprint density at radius 3 is 2.81 bits per heavy atom. The molecule has 2 aromatic rings. The molecule has 2 rings (SSSR count). The van der Waals surface area contributed by atoms with Crippen molar-refractivity contribution in [1.29, 1.82) is 0 Å². The van der Waals surface area contributed by atoms with Gasteiger partial charge < -0.3 is 5.32 Å². The van der Waals surface area contributed by atoms with Gasteiger partial charge in [0.25, 0.3) is 0 Å². The molecular formula is C16H21N3OS. The predicted octanol–water partition coefficient (Wildman–Crippen LogP) is 3.58. The number of benzene rings is 1. The van der Waals surface area contributed by atoms with E-state index in [4.69, 9.17) is 0 Å². The molecule has 0 aliphatic heterocycles. The van der Waals surface area contributed by atoms with Crippen LogP contribution in [-0.4, -0.2) is 21.4 Å². The maximum atomic E-state index is 12.1. The first-order valence-corrected chi connectivity index (χ1v) is 8.05. The first-order chi connectivity index (χ1) is 10.1. The van der Waals surface area contributed by atoms with Crippen LogP contribution < -0.4 is 5.32 Å². The molecule has 0 aliphatic carbocycles. The lowest BCUT2D eigenvalue weighted by Gasteiger charge is -2.11. The van der Waals surface area contributed by atoms with Crippen molar-refractivity contribution < 1.29 is 4.79 Å². The Labute approximate surface area is 129 Å². The monoisotopic (exact) mass is 303 g/mol. The number of thioether (sulfide) groups is 1. The molecule has 0 spiro atoms. The fraction of sp³-hybridized carbons (Fsp3) is 0.375. The van der Waals surface area contributed by atoms with Gasteiger partial charge in [0.15, 0.2) is 0 Å². The SMILES string of the molecule is Cc1ccccc1SCC(=O)Nc1ccnn1CC(C)C. The number of aromatic nitrogens is 2. The molecule has 4 nitrogen and oxygen atoms in total. The highest BCUT2D eigenvalue weighted by Crippen LogP contribution is 2.22. The maximum absolute atomic E-state index is 12.1. The third kappa shape index (κ3) is 4.63. The number of anilines is 1. The number of rotatable bonds is 6. The van der Waals surface area contributed by atoms with Gasteiger partial charge in [-0.2, -0.15) is 5.10 Å². The van der Waals surface area contributed by atoms with Crippen LogP contribution in [0.15, 0.2) is 41.4 Å². The third-order valence-corrected chi connectivity index (χ3v) is 4.15. The van der Waals surface area contributed by atoms with Crippen LogP contribution in [0, 0.1) is 12.8 Å². The van der Waals surface area contributed by atoms with Gasteiger partial charge in [0.05, 0.1) is 11.9 Å². The normalized spacial score (nSPS) is 10.9. The average molecular weight is 303 g/mol. The molecular weight excluding hydrogens is 282 g/mol. The van der Waals surface area contributed by atoms with E-state index in [1.807, 2.05) is 28.9 Å². The first kappa shape index (κ1) is 15.6. The highest BCUT2D eigenvalue weighted by Gasteiger charge is 2.09. The van der Waals surface area contributed by atoms with Crippen molar-refractivity contribution in [2.75, 3.05) is 11.1 Å². The molecule has 112 valence electrons. The molecule has 0 atom stereocenters. The van der Waals surface area contributed by atoms with Crippen molar-refractivity contribution in [1.82, 2.24) is 9.78 Å². The standard InChI is InChI=1S/C16H21N3OS/c1-12(2)10-19-15(8-9-17-19)18-16(20)11-21-14-7-5-4-6-13(14)3/h4-9,12H,10-11H2,1-3H3,(H,18,20). The van der Waals surface area contributed by atoms with E-state index in [9.17, 15) is 4.79 Å². The Kier molecular flexibility index (Phi) is 5.44. The summed E-state index contributed by atoms with van der Waals surface area (Å²) in [5, 5.41) is 7.16. The second-order valence-electron chi connectivity index (χ2n) is 5.39. The van der Waals surface area contributed by atoms with Gasteiger partial charge in [-0.25, -0.2) is 4.68 Å². The summed E-state index contributed by atoms with van der Waals surface area (Å²) in [5.41, 5.74) is 1.19. The lowest BCUT2D eigenvalue weighted by Crippen LogP contribution is -2.18. The van der Waals surface area contributed by atoms with Crippen LogP contribution in [0.1, 0.15) is 19.4 Å². The largest absolute Gasteiger partial charge is 0.310 e. The summed E-state index contributed by atoms with van der Waals surface area (Å²) in [6.07, 6.45) is 1.71. The van der Waals surface area contributed by atoms with Gasteiger partial charge in [0, 0.05) is 17.5 Å². The van der Waals surface area contributed by atoms with Gasteiger partial charge in [-0.3, -0.25) is 4.79 Å². The zero-order valence-electron chi connectivity index (χ0n) is 12.7. The molecule has 0 unspecified atom stereocenters. The van der Waals surface area contributed by atoms with Crippen molar-refractivity contribution in [2.45, 2.75) is 32.2 Å². The van der Waals surface area contributed by atoms with Gasteiger partial charge in [-0.15, -0.1) is 11.8 Å². The molecule has 1 amide bonds. The van der Waals surface area contributed by atoms with Gasteiger partial charge in [0.2, 0.25) is 5.91 Å². The van der Waals surface area contributed by atoms with Crippen molar-refractivity contribution >= 4 is 23.5 Å². The van der Waals surface area contributed by atoms with E-state index in [-0.39, 0.29) is 5.91 Å². The smallest absolute Gasteiger partial charge is 0.235 e. The summed E-state index contributed by atoms with van der Waals surface area (Å²) in [5.74, 6) is 1.65. The number of amides is 1. The highest BCUT2D eigenvalue weighted by atomic mass is 32.2. The van der Waals surface area contributed by atoms with Crippen LogP contribution in [-0.2, 0) is 11.3 Å². The first-order valence-electron chi connectivity index (χ1n) is 7.06. The fourth-order valence-electron chi connectivity index (χ4n) is 1.97. The van der Waals surface area contributed by atoms with E-state index >= 15 is 0 Å². The molecule has 0 saturated carbocycles. The Morgan fingerprint density at radius 2 is 2.10 bits per heavy atom. The van der Waals surface area contributed by atoms with Crippen molar-refractivity contribution in [3.05, 3.63) is 42.1 Å². The molecule has 1 heterocycles. The van der Waals surface area contributed by atoms with E-state index in [1.165, 1.54) is 5.56 Å². The topological polar surface area (TPSA) is 46.9 Å². The molecule has 1 N–H and O–H groups in total. The Balaban J connectivity index is 1.90. The Bertz CT molecular complexity index is 607. The molecule has 5 heteroatoms. The number of nitrogens with zero attached hydrogens (tertiary/aromatic N) is 2. The third-order valence-electron chi connectivity index (χ3n) is 2.97. The van der Waals surface area contributed by atoms with E-state index in [0.29, 0.717) is 11.7 Å². The minimum atomic E-state index is -0.00578. The summed E-state index contributed by atoms with van der Waals surface area (Å²) in [6.45, 7) is 7.11. The average Bonchev–Trinajstić information content (AvgIpc) is 2.84. The van der Waals surface area contributed by atoms with Crippen LogP contribution in [0.5, 0.6) is 0 Å². The number of nitrogens with one attached hydrogen (secondary N) is 1. The molecule has 0 aliphatic rings. The van der Waals surface area contributed by atoms with Crippen LogP contribution >= 0.6 is 11.8 Å². The second-order valence-corrected chi connectivity index (χ2v) is 6.41. The lowest BCUT2D eigenvalue weighted by molar-refractivity contribution is -0.113. The van der Waals surface area contributed by atoms with E-state index < -0.39 is 0 Å². The molecule has 0 saturated heterocycles. The van der Waals surface area contributed by atoms with Crippen LogP contribution in [0.25, 0.3) is 0 Å². The summed E-state index contributed by atoms with van der Waals surface area (Å²) in [4.78, 5) is 13.2. The van der Waals surface area contributed by atoms with Crippen molar-refractivity contribution in [3.8, 4) is 0 Å². The second kappa shape index (κ2) is 7.31. The molecule has 0 bridgehead atoms. The summed E-state index contributed by atoms with van der Waals surface area (Å²) in [7, 11) is 0. The number of carbonyl (C=O) groups excluding carboxylic acids is 1. The zero-order valence-corrected chi connectivity index (χ0v) is 13.5. The highest BCUT2D eigenvalue weighted by molar-refractivity contribution is 8.00. The molecule has 1 aromatic heterocycles. The zero-order chi connectivity index (χ0) is 15.2. The number of carbonyl (C=O) groups is 1. The van der Waals surface area contributed by atoms with Gasteiger partial charge in [-0.1, -0.05) is 32.0 Å². The van der Waals surface area contributed by atoms with Gasteiger partial charge >= 0.3 is 0 Å². The number of hydrogen-bond donors (Lipinski definition) is 1. The summed E-state index contributed by atoms with van der Waals surface area (Å²) >= 11 is 1.56. The summed E-state index contributed by atoms with van der Waals surface area (Å²) < 4.78 is 1.83. The molecule has 1 aromatic carbocycles. The van der Waals surface area contributed by atoms with Crippen LogP contribution in [0.2, 0.25) is 0 Å². The van der Waals surface area contributed by atoms with Crippen LogP contribution in [0.4, 0.5) is 5.82 Å². The minimum absolute atomic E-state index is 0.00578. The van der Waals surface area contributed by atoms with Crippen molar-refractivity contribution in [2.24, 2.45) is 5.92 Å². The number of hydrogen-bond acceptors (Lipinski definition) is 3.